The summed E-state index contributed by atoms with van der Waals surface area (Å²) < 4.78 is 0. The summed E-state index contributed by atoms with van der Waals surface area (Å²) in [6.07, 6.45) is 8.41. The molecule has 5 heteroatoms. The van der Waals surface area contributed by atoms with Gasteiger partial charge in [-0.25, -0.2) is 0 Å². The van der Waals surface area contributed by atoms with Gasteiger partial charge in [0.2, 0.25) is 5.91 Å². The quantitative estimate of drug-likeness (QED) is 0.444. The maximum atomic E-state index is 12.6. The topological polar surface area (TPSA) is 74.7 Å². The van der Waals surface area contributed by atoms with Crippen molar-refractivity contribution in [2.75, 3.05) is 0 Å². The van der Waals surface area contributed by atoms with Crippen LogP contribution in [0.1, 0.15) is 85.5 Å². The van der Waals surface area contributed by atoms with Crippen LogP contribution in [-0.2, 0) is 14.4 Å². The summed E-state index contributed by atoms with van der Waals surface area (Å²) in [5.74, 6) is -1.45. The number of carbonyl (C=O) groups excluding carboxylic acids is 3. The van der Waals surface area contributed by atoms with Gasteiger partial charge in [0, 0.05) is 6.42 Å². The lowest BCUT2D eigenvalue weighted by Crippen LogP contribution is -2.41. The first-order valence-corrected chi connectivity index (χ1v) is 9.61. The highest BCUT2D eigenvalue weighted by Crippen LogP contribution is 2.30. The first-order valence-electron chi connectivity index (χ1n) is 9.61. The zero-order valence-corrected chi connectivity index (χ0v) is 16.1. The number of ketones is 1. The lowest BCUT2D eigenvalue weighted by molar-refractivity contribution is -0.143. The minimum absolute atomic E-state index is 0.195. The molecule has 0 aromatic rings. The number of rotatable bonds is 11. The number of Topliss-reactive ketones (excluding diaryl/α,β-unsaturated/α-hetero) is 1. The molecule has 0 aliphatic carbocycles. The van der Waals surface area contributed by atoms with Crippen LogP contribution < -0.4 is 0 Å². The Morgan fingerprint density at radius 3 is 2.16 bits per heavy atom. The number of hydrogen-bond acceptors (Lipinski definition) is 4. The zero-order valence-electron chi connectivity index (χ0n) is 16.1. The van der Waals surface area contributed by atoms with E-state index < -0.39 is 17.7 Å². The van der Waals surface area contributed by atoms with Crippen LogP contribution in [0.15, 0.2) is 11.3 Å². The Kier molecular flexibility index (Phi) is 8.87. The number of hydrogen-bond donors (Lipinski definition) is 1. The molecule has 0 aromatic carbocycles. The van der Waals surface area contributed by atoms with Crippen LogP contribution in [0.25, 0.3) is 0 Å². The second kappa shape index (κ2) is 10.4. The molecule has 1 aliphatic rings. The smallest absolute Gasteiger partial charge is 0.268 e. The van der Waals surface area contributed by atoms with Gasteiger partial charge in [-0.2, -0.15) is 0 Å². The number of aliphatic hydroxyl groups excluding tert-OH is 1. The molecule has 0 saturated carbocycles. The Morgan fingerprint density at radius 1 is 1.08 bits per heavy atom. The van der Waals surface area contributed by atoms with Crippen molar-refractivity contribution >= 4 is 17.6 Å². The van der Waals surface area contributed by atoms with Crippen molar-refractivity contribution in [3.05, 3.63) is 11.3 Å². The van der Waals surface area contributed by atoms with Gasteiger partial charge in [0.15, 0.2) is 5.78 Å². The zero-order chi connectivity index (χ0) is 19.0. The molecule has 1 atom stereocenters. The van der Waals surface area contributed by atoms with E-state index in [-0.39, 0.29) is 29.6 Å². The molecule has 0 spiro atoms. The van der Waals surface area contributed by atoms with Crippen molar-refractivity contribution in [3.63, 3.8) is 0 Å². The third-order valence-electron chi connectivity index (χ3n) is 4.63. The van der Waals surface area contributed by atoms with Crippen molar-refractivity contribution in [2.24, 2.45) is 5.92 Å². The predicted octanol–water partition coefficient (Wildman–Crippen LogP) is 4.31. The van der Waals surface area contributed by atoms with Crippen LogP contribution in [0.3, 0.4) is 0 Å². The fraction of sp³-hybridized carbons (Fsp3) is 0.750. The molecule has 1 aliphatic heterocycles. The second-order valence-corrected chi connectivity index (χ2v) is 7.40. The maximum Gasteiger partial charge on any atom is 0.268 e. The molecule has 1 heterocycles. The first-order chi connectivity index (χ1) is 11.8. The molecule has 25 heavy (non-hydrogen) atoms. The Hall–Kier alpha value is -1.65. The number of carbonyl (C=O) groups is 3. The van der Waals surface area contributed by atoms with Gasteiger partial charge >= 0.3 is 0 Å². The summed E-state index contributed by atoms with van der Waals surface area (Å²) in [5.41, 5.74) is -0.224. The number of aliphatic hydroxyl groups is 1. The highest BCUT2D eigenvalue weighted by atomic mass is 16.3. The largest absolute Gasteiger partial charge is 0.509 e. The predicted molar refractivity (Wildman–Crippen MR) is 98.0 cm³/mol. The van der Waals surface area contributed by atoms with E-state index in [2.05, 4.69) is 6.92 Å². The van der Waals surface area contributed by atoms with Crippen LogP contribution in [0.4, 0.5) is 0 Å². The minimum Gasteiger partial charge on any atom is -0.509 e. The Labute approximate surface area is 151 Å². The first kappa shape index (κ1) is 21.4. The van der Waals surface area contributed by atoms with Crippen LogP contribution in [-0.4, -0.2) is 33.6 Å². The normalized spacial score (nSPS) is 17.7. The Morgan fingerprint density at radius 2 is 1.64 bits per heavy atom. The van der Waals surface area contributed by atoms with E-state index in [1.165, 1.54) is 32.6 Å². The molecule has 0 unspecified atom stereocenters. The molecule has 2 amide bonds. The van der Waals surface area contributed by atoms with Crippen molar-refractivity contribution in [1.29, 1.82) is 0 Å². The van der Waals surface area contributed by atoms with E-state index in [0.29, 0.717) is 6.42 Å². The number of amides is 2. The van der Waals surface area contributed by atoms with Gasteiger partial charge in [0.25, 0.3) is 5.91 Å². The number of imide groups is 1. The summed E-state index contributed by atoms with van der Waals surface area (Å²) >= 11 is 0. The van der Waals surface area contributed by atoms with E-state index in [4.69, 9.17) is 0 Å². The molecular weight excluding hydrogens is 318 g/mol. The summed E-state index contributed by atoms with van der Waals surface area (Å²) in [7, 11) is 0. The second-order valence-electron chi connectivity index (χ2n) is 7.40. The highest BCUT2D eigenvalue weighted by molar-refractivity contribution is 6.24. The molecule has 0 aromatic heterocycles. The average Bonchev–Trinajstić information content (AvgIpc) is 2.76. The lowest BCUT2D eigenvalue weighted by atomic mass is 10.0. The molecule has 142 valence electrons. The average molecular weight is 351 g/mol. The van der Waals surface area contributed by atoms with E-state index >= 15 is 0 Å². The van der Waals surface area contributed by atoms with E-state index in [0.717, 1.165) is 24.2 Å². The molecular formula is C20H33NO4. The Bertz CT molecular complexity index is 522. The monoisotopic (exact) mass is 351 g/mol. The number of unbranched alkanes of at least 4 members (excludes halogenated alkanes) is 6. The van der Waals surface area contributed by atoms with Gasteiger partial charge in [-0.15, -0.1) is 0 Å². The minimum atomic E-state index is -0.691. The third-order valence-corrected chi connectivity index (χ3v) is 4.63. The van der Waals surface area contributed by atoms with Gasteiger partial charge < -0.3 is 5.11 Å². The summed E-state index contributed by atoms with van der Waals surface area (Å²) in [5, 5.41) is 10.3. The number of nitrogens with zero attached hydrogens (tertiary/aromatic N) is 1. The SMILES string of the molecule is CCCCCCCCCC(=O)N1C(=O)C(C(C)=O)=C(O)[C@H]1CC(C)C. The molecule has 1 N–H and O–H groups in total. The summed E-state index contributed by atoms with van der Waals surface area (Å²) in [4.78, 5) is 37.8. The fourth-order valence-corrected chi connectivity index (χ4v) is 3.30. The van der Waals surface area contributed by atoms with Gasteiger partial charge in [0.05, 0.1) is 6.04 Å². The third kappa shape index (κ3) is 5.98. The van der Waals surface area contributed by atoms with E-state index in [9.17, 15) is 19.5 Å². The van der Waals surface area contributed by atoms with Gasteiger partial charge in [-0.05, 0) is 25.7 Å². The molecule has 5 nitrogen and oxygen atoms in total. The lowest BCUT2D eigenvalue weighted by Gasteiger charge is -2.25. The van der Waals surface area contributed by atoms with Crippen molar-refractivity contribution < 1.29 is 19.5 Å². The summed E-state index contributed by atoms with van der Waals surface area (Å²) in [6.45, 7) is 7.35. The standard InChI is InChI=1S/C20H33NO4/c1-5-6-7-8-9-10-11-12-17(23)21-16(13-14(2)3)19(24)18(15(4)22)20(21)25/h14,16,24H,5-13H2,1-4H3/t16-/m1/s1. The van der Waals surface area contributed by atoms with Gasteiger partial charge in [0.1, 0.15) is 11.3 Å². The summed E-state index contributed by atoms with van der Waals surface area (Å²) in [6, 6.07) is -0.691. The van der Waals surface area contributed by atoms with E-state index in [1.807, 2.05) is 13.8 Å². The van der Waals surface area contributed by atoms with Crippen LogP contribution >= 0.6 is 0 Å². The molecule has 0 fully saturated rings. The van der Waals surface area contributed by atoms with Crippen molar-refractivity contribution in [3.8, 4) is 0 Å². The fourth-order valence-electron chi connectivity index (χ4n) is 3.30. The molecule has 0 radical (unpaired) electrons. The molecule has 0 bridgehead atoms. The van der Waals surface area contributed by atoms with Crippen LogP contribution in [0.5, 0.6) is 0 Å². The Balaban J connectivity index is 2.63. The highest BCUT2D eigenvalue weighted by Gasteiger charge is 2.44. The van der Waals surface area contributed by atoms with Crippen molar-refractivity contribution in [2.45, 2.75) is 91.5 Å². The van der Waals surface area contributed by atoms with Gasteiger partial charge in [-0.3, -0.25) is 19.3 Å². The van der Waals surface area contributed by atoms with Crippen LogP contribution in [0.2, 0.25) is 0 Å². The molecule has 0 saturated heterocycles. The van der Waals surface area contributed by atoms with Crippen LogP contribution in [0, 0.1) is 5.92 Å². The molecule has 1 rings (SSSR count). The maximum absolute atomic E-state index is 12.6. The van der Waals surface area contributed by atoms with E-state index in [1.54, 1.807) is 0 Å². The van der Waals surface area contributed by atoms with Gasteiger partial charge in [-0.1, -0.05) is 59.3 Å². The van der Waals surface area contributed by atoms with Crippen molar-refractivity contribution in [1.82, 2.24) is 4.90 Å².